The normalized spacial score (nSPS) is 10.3. The van der Waals surface area contributed by atoms with Crippen molar-refractivity contribution in [3.8, 4) is 11.5 Å². The van der Waals surface area contributed by atoms with Crippen molar-refractivity contribution < 1.29 is 14.3 Å². The van der Waals surface area contributed by atoms with Gasteiger partial charge in [0.15, 0.2) is 11.5 Å². The van der Waals surface area contributed by atoms with Crippen LogP contribution in [0.5, 0.6) is 11.5 Å². The van der Waals surface area contributed by atoms with E-state index >= 15 is 0 Å². The molecule has 90 valence electrons. The Morgan fingerprint density at radius 2 is 1.88 bits per heavy atom. The predicted molar refractivity (Wildman–Crippen MR) is 66.6 cm³/mol. The van der Waals surface area contributed by atoms with Crippen LogP contribution in [0.4, 0.5) is 0 Å². The van der Waals surface area contributed by atoms with E-state index in [0.717, 1.165) is 10.1 Å². The summed E-state index contributed by atoms with van der Waals surface area (Å²) in [5.41, 5.74) is 2.11. The van der Waals surface area contributed by atoms with Gasteiger partial charge in [-0.05, 0) is 17.5 Å². The van der Waals surface area contributed by atoms with Crippen molar-refractivity contribution in [1.82, 2.24) is 5.43 Å². The molecule has 0 radical (unpaired) electrons. The fraction of sp³-hybridized carbons (Fsp3) is 0.182. The van der Waals surface area contributed by atoms with Crippen LogP contribution >= 0.6 is 11.3 Å². The second-order valence-electron chi connectivity index (χ2n) is 3.33. The maximum atomic E-state index is 11.4. The van der Waals surface area contributed by atoms with Gasteiger partial charge in [-0.2, -0.15) is 0 Å². The van der Waals surface area contributed by atoms with Crippen molar-refractivity contribution in [2.45, 2.75) is 0 Å². The molecular formula is C11H12N2O3S. The van der Waals surface area contributed by atoms with E-state index < -0.39 is 0 Å². The van der Waals surface area contributed by atoms with Gasteiger partial charge in [0.25, 0.3) is 5.91 Å². The number of methoxy groups -OCH3 is 2. The zero-order chi connectivity index (χ0) is 12.4. The summed E-state index contributed by atoms with van der Waals surface area (Å²) in [5, 5.41) is 0.922. The molecule has 0 spiro atoms. The summed E-state index contributed by atoms with van der Waals surface area (Å²) in [6, 6.07) is 5.44. The van der Waals surface area contributed by atoms with Gasteiger partial charge in [-0.25, -0.2) is 5.84 Å². The van der Waals surface area contributed by atoms with E-state index in [1.54, 1.807) is 20.3 Å². The van der Waals surface area contributed by atoms with E-state index in [-0.39, 0.29) is 5.91 Å². The first-order chi connectivity index (χ1) is 8.19. The quantitative estimate of drug-likeness (QED) is 0.493. The number of hydrogen-bond acceptors (Lipinski definition) is 5. The van der Waals surface area contributed by atoms with Crippen LogP contribution in [0, 0.1) is 0 Å². The second-order valence-corrected chi connectivity index (χ2v) is 4.41. The predicted octanol–water partition coefficient (Wildman–Crippen LogP) is 1.52. The number of hydrazine groups is 1. The van der Waals surface area contributed by atoms with Crippen molar-refractivity contribution in [1.29, 1.82) is 0 Å². The van der Waals surface area contributed by atoms with Gasteiger partial charge in [0.1, 0.15) is 0 Å². The van der Waals surface area contributed by atoms with Crippen molar-refractivity contribution >= 4 is 27.3 Å². The average molecular weight is 252 g/mol. The highest BCUT2D eigenvalue weighted by molar-refractivity contribution is 7.20. The molecule has 0 saturated heterocycles. The summed E-state index contributed by atoms with van der Waals surface area (Å²) in [6.45, 7) is 0. The lowest BCUT2D eigenvalue weighted by molar-refractivity contribution is 0.0958. The van der Waals surface area contributed by atoms with E-state index in [1.807, 2.05) is 12.1 Å². The van der Waals surface area contributed by atoms with Gasteiger partial charge in [0.2, 0.25) is 0 Å². The van der Waals surface area contributed by atoms with Gasteiger partial charge in [-0.15, -0.1) is 11.3 Å². The Morgan fingerprint density at radius 1 is 1.24 bits per heavy atom. The number of amides is 1. The minimum absolute atomic E-state index is 0.302. The Balaban J connectivity index is 2.57. The number of rotatable bonds is 3. The Hall–Kier alpha value is -1.79. The van der Waals surface area contributed by atoms with Crippen LogP contribution < -0.4 is 20.7 Å². The molecular weight excluding hydrogens is 240 g/mol. The fourth-order valence-electron chi connectivity index (χ4n) is 1.55. The summed E-state index contributed by atoms with van der Waals surface area (Å²) >= 11 is 1.35. The molecule has 1 aromatic heterocycles. The first kappa shape index (κ1) is 11.7. The maximum absolute atomic E-state index is 11.4. The van der Waals surface area contributed by atoms with Crippen molar-refractivity contribution in [3.63, 3.8) is 0 Å². The van der Waals surface area contributed by atoms with Gasteiger partial charge in [0.05, 0.1) is 19.1 Å². The molecule has 0 unspecified atom stereocenters. The number of carbonyl (C=O) groups excluding carboxylic acids is 1. The zero-order valence-electron chi connectivity index (χ0n) is 9.44. The van der Waals surface area contributed by atoms with Crippen LogP contribution in [-0.4, -0.2) is 20.1 Å². The van der Waals surface area contributed by atoms with Crippen molar-refractivity contribution in [2.24, 2.45) is 5.84 Å². The molecule has 0 saturated carbocycles. The lowest BCUT2D eigenvalue weighted by Crippen LogP contribution is -2.29. The van der Waals surface area contributed by atoms with Crippen LogP contribution in [0.15, 0.2) is 18.2 Å². The van der Waals surface area contributed by atoms with E-state index in [1.165, 1.54) is 11.3 Å². The molecule has 1 amide bonds. The average Bonchev–Trinajstić information content (AvgIpc) is 2.78. The lowest BCUT2D eigenvalue weighted by Gasteiger charge is -2.06. The third-order valence-electron chi connectivity index (χ3n) is 2.38. The molecule has 1 aromatic carbocycles. The first-order valence-corrected chi connectivity index (χ1v) is 5.67. The molecule has 0 aliphatic rings. The Morgan fingerprint density at radius 3 is 2.47 bits per heavy atom. The zero-order valence-corrected chi connectivity index (χ0v) is 10.3. The van der Waals surface area contributed by atoms with Crippen LogP contribution in [0.3, 0.4) is 0 Å². The minimum Gasteiger partial charge on any atom is -0.493 e. The van der Waals surface area contributed by atoms with Crippen LogP contribution in [-0.2, 0) is 0 Å². The van der Waals surface area contributed by atoms with E-state index in [0.29, 0.717) is 16.4 Å². The minimum atomic E-state index is -0.302. The Bertz CT molecular complexity index is 524. The number of nitrogens with two attached hydrogens (primary N) is 1. The largest absolute Gasteiger partial charge is 0.493 e. The SMILES string of the molecule is COc1cc2cc(C(=O)NN)sc2cc1OC. The molecule has 3 N–H and O–H groups in total. The number of thiophene rings is 1. The Labute approximate surface area is 102 Å². The summed E-state index contributed by atoms with van der Waals surface area (Å²) in [4.78, 5) is 12.0. The second kappa shape index (κ2) is 4.60. The number of benzene rings is 1. The van der Waals surface area contributed by atoms with Crippen molar-refractivity contribution in [3.05, 3.63) is 23.1 Å². The third kappa shape index (κ3) is 2.04. The number of nitrogen functional groups attached to an aromatic ring is 1. The lowest BCUT2D eigenvalue weighted by atomic mass is 10.2. The summed E-state index contributed by atoms with van der Waals surface area (Å²) in [5.74, 6) is 6.07. The molecule has 1 heterocycles. The van der Waals surface area contributed by atoms with E-state index in [9.17, 15) is 4.79 Å². The number of ether oxygens (including phenoxy) is 2. The molecule has 0 atom stereocenters. The maximum Gasteiger partial charge on any atom is 0.275 e. The van der Waals surface area contributed by atoms with Crippen molar-refractivity contribution in [2.75, 3.05) is 14.2 Å². The Kier molecular flexibility index (Phi) is 3.16. The van der Waals surface area contributed by atoms with Gasteiger partial charge >= 0.3 is 0 Å². The fourth-order valence-corrected chi connectivity index (χ4v) is 2.53. The molecule has 0 aliphatic carbocycles. The first-order valence-electron chi connectivity index (χ1n) is 4.86. The van der Waals surface area contributed by atoms with Crippen LogP contribution in [0.1, 0.15) is 9.67 Å². The highest BCUT2D eigenvalue weighted by atomic mass is 32.1. The summed E-state index contributed by atoms with van der Waals surface area (Å²) < 4.78 is 11.3. The molecule has 5 nitrogen and oxygen atoms in total. The number of carbonyl (C=O) groups is 1. The van der Waals surface area contributed by atoms with Gasteiger partial charge in [0, 0.05) is 10.8 Å². The highest BCUT2D eigenvalue weighted by Crippen LogP contribution is 2.36. The molecule has 2 aromatic rings. The van der Waals surface area contributed by atoms with Gasteiger partial charge in [-0.3, -0.25) is 10.2 Å². The van der Waals surface area contributed by atoms with E-state index in [2.05, 4.69) is 5.43 Å². The number of fused-ring (bicyclic) bond motifs is 1. The molecule has 0 bridgehead atoms. The summed E-state index contributed by atoms with van der Waals surface area (Å²) in [6.07, 6.45) is 0. The van der Waals surface area contributed by atoms with Crippen LogP contribution in [0.25, 0.3) is 10.1 Å². The third-order valence-corrected chi connectivity index (χ3v) is 3.47. The molecule has 0 aliphatic heterocycles. The number of nitrogens with one attached hydrogen (secondary N) is 1. The summed E-state index contributed by atoms with van der Waals surface area (Å²) in [7, 11) is 3.15. The number of hydrogen-bond donors (Lipinski definition) is 2. The van der Waals surface area contributed by atoms with Gasteiger partial charge in [-0.1, -0.05) is 0 Å². The topological polar surface area (TPSA) is 73.6 Å². The molecule has 6 heteroatoms. The standard InChI is InChI=1S/C11H12N2O3S/c1-15-7-3-6-4-10(11(14)13-12)17-9(6)5-8(7)16-2/h3-5H,12H2,1-2H3,(H,13,14). The van der Waals surface area contributed by atoms with E-state index in [4.69, 9.17) is 15.3 Å². The highest BCUT2D eigenvalue weighted by Gasteiger charge is 2.12. The molecule has 17 heavy (non-hydrogen) atoms. The molecule has 2 rings (SSSR count). The smallest absolute Gasteiger partial charge is 0.275 e. The van der Waals surface area contributed by atoms with Gasteiger partial charge < -0.3 is 9.47 Å². The molecule has 0 fully saturated rings. The monoisotopic (exact) mass is 252 g/mol. The van der Waals surface area contributed by atoms with Crippen LogP contribution in [0.2, 0.25) is 0 Å².